The van der Waals surface area contributed by atoms with E-state index >= 15 is 0 Å². The number of hydrogen-bond donors (Lipinski definition) is 0. The standard InChI is InChI=1S/C43H25N3OS/c1-3-13-26(14-4-1)28-20-11-21-32-35-25-36(29-17-7-8-19-31(29)39(35)47-38(28)32)43-45-41(27-15-5-2-6-16-27)44-42(46-43)34-23-12-22-33-30-18-9-10-24-37(30)48-40(33)34/h1-25H. The van der Waals surface area contributed by atoms with Crippen LogP contribution in [0.15, 0.2) is 156 Å². The van der Waals surface area contributed by atoms with Gasteiger partial charge >= 0.3 is 0 Å². The van der Waals surface area contributed by atoms with Gasteiger partial charge in [0.1, 0.15) is 11.2 Å². The minimum atomic E-state index is 0.628. The molecule has 0 N–H and O–H groups in total. The number of thiophene rings is 1. The highest BCUT2D eigenvalue weighted by Gasteiger charge is 2.21. The number of benzene rings is 7. The Morgan fingerprint density at radius 2 is 0.938 bits per heavy atom. The average molecular weight is 632 g/mol. The molecular weight excluding hydrogens is 607 g/mol. The molecule has 0 unspecified atom stereocenters. The van der Waals surface area contributed by atoms with E-state index in [1.165, 1.54) is 20.2 Å². The van der Waals surface area contributed by atoms with E-state index in [-0.39, 0.29) is 0 Å². The summed E-state index contributed by atoms with van der Waals surface area (Å²) in [5.41, 5.74) is 6.81. The van der Waals surface area contributed by atoms with Gasteiger partial charge in [-0.25, -0.2) is 15.0 Å². The molecule has 0 atom stereocenters. The van der Waals surface area contributed by atoms with Gasteiger partial charge in [-0.2, -0.15) is 0 Å². The Labute approximate surface area is 279 Å². The number of para-hydroxylation sites is 1. The summed E-state index contributed by atoms with van der Waals surface area (Å²) in [7, 11) is 0. The minimum absolute atomic E-state index is 0.628. The molecule has 0 fully saturated rings. The van der Waals surface area contributed by atoms with E-state index in [1.807, 2.05) is 24.3 Å². The highest BCUT2D eigenvalue weighted by atomic mass is 32.1. The van der Waals surface area contributed by atoms with E-state index in [2.05, 4.69) is 127 Å². The van der Waals surface area contributed by atoms with E-state index in [9.17, 15) is 0 Å². The van der Waals surface area contributed by atoms with Crippen LogP contribution in [0, 0.1) is 0 Å². The van der Waals surface area contributed by atoms with E-state index in [0.29, 0.717) is 17.5 Å². The molecule has 0 bridgehead atoms. The van der Waals surface area contributed by atoms with E-state index in [1.54, 1.807) is 11.3 Å². The zero-order valence-electron chi connectivity index (χ0n) is 25.6. The fourth-order valence-corrected chi connectivity index (χ4v) is 8.12. The molecule has 10 aromatic rings. The fraction of sp³-hybridized carbons (Fsp3) is 0. The van der Waals surface area contributed by atoms with Crippen molar-refractivity contribution in [1.29, 1.82) is 0 Å². The molecule has 0 spiro atoms. The Morgan fingerprint density at radius 1 is 0.375 bits per heavy atom. The van der Waals surface area contributed by atoms with Crippen LogP contribution in [0.2, 0.25) is 0 Å². The molecule has 0 aliphatic heterocycles. The van der Waals surface area contributed by atoms with Crippen LogP contribution < -0.4 is 0 Å². The number of aromatic nitrogens is 3. The number of nitrogens with zero attached hydrogens (tertiary/aromatic N) is 3. The van der Waals surface area contributed by atoms with Crippen LogP contribution in [0.1, 0.15) is 0 Å². The third kappa shape index (κ3) is 4.18. The Bertz CT molecular complexity index is 2840. The smallest absolute Gasteiger partial charge is 0.165 e. The Kier molecular flexibility index (Phi) is 6.01. The third-order valence-electron chi connectivity index (χ3n) is 9.14. The van der Waals surface area contributed by atoms with Gasteiger partial charge in [0.2, 0.25) is 0 Å². The lowest BCUT2D eigenvalue weighted by atomic mass is 9.98. The predicted octanol–water partition coefficient (Wildman–Crippen LogP) is 12.0. The first kappa shape index (κ1) is 27.0. The second-order valence-corrected chi connectivity index (χ2v) is 13.0. The third-order valence-corrected chi connectivity index (χ3v) is 10.4. The molecule has 3 heterocycles. The van der Waals surface area contributed by atoms with Gasteiger partial charge in [0.25, 0.3) is 0 Å². The van der Waals surface area contributed by atoms with Crippen molar-refractivity contribution in [2.45, 2.75) is 0 Å². The molecule has 0 aliphatic carbocycles. The van der Waals surface area contributed by atoms with E-state index in [4.69, 9.17) is 19.4 Å². The van der Waals surface area contributed by atoms with Crippen molar-refractivity contribution in [2.24, 2.45) is 0 Å². The highest BCUT2D eigenvalue weighted by Crippen LogP contribution is 2.43. The predicted molar refractivity (Wildman–Crippen MR) is 199 cm³/mol. The zero-order valence-corrected chi connectivity index (χ0v) is 26.4. The first-order valence-corrected chi connectivity index (χ1v) is 16.8. The maximum absolute atomic E-state index is 6.75. The summed E-state index contributed by atoms with van der Waals surface area (Å²) in [6.45, 7) is 0. The molecule has 0 aliphatic rings. The molecule has 48 heavy (non-hydrogen) atoms. The summed E-state index contributed by atoms with van der Waals surface area (Å²) in [4.78, 5) is 15.5. The van der Waals surface area contributed by atoms with Crippen LogP contribution in [0.3, 0.4) is 0 Å². The summed E-state index contributed by atoms with van der Waals surface area (Å²) in [5.74, 6) is 1.92. The highest BCUT2D eigenvalue weighted by molar-refractivity contribution is 7.26. The van der Waals surface area contributed by atoms with Crippen LogP contribution in [-0.4, -0.2) is 15.0 Å². The second kappa shape index (κ2) is 10.7. The monoisotopic (exact) mass is 631 g/mol. The molecule has 3 aromatic heterocycles. The quantitative estimate of drug-likeness (QED) is 0.194. The van der Waals surface area contributed by atoms with Crippen LogP contribution in [0.4, 0.5) is 0 Å². The average Bonchev–Trinajstić information content (AvgIpc) is 3.74. The maximum Gasteiger partial charge on any atom is 0.165 e. The Morgan fingerprint density at radius 3 is 1.73 bits per heavy atom. The molecule has 5 heteroatoms. The molecule has 0 saturated heterocycles. The van der Waals surface area contributed by atoms with Gasteiger partial charge in [-0.1, -0.05) is 133 Å². The van der Waals surface area contributed by atoms with Gasteiger partial charge in [-0.3, -0.25) is 0 Å². The second-order valence-electron chi connectivity index (χ2n) is 11.9. The molecule has 0 saturated carbocycles. The van der Waals surface area contributed by atoms with Crippen LogP contribution in [0.25, 0.3) is 98.2 Å². The summed E-state index contributed by atoms with van der Waals surface area (Å²) >= 11 is 1.78. The first-order chi connectivity index (χ1) is 23.8. The van der Waals surface area contributed by atoms with Crippen molar-refractivity contribution in [1.82, 2.24) is 15.0 Å². The van der Waals surface area contributed by atoms with Gasteiger partial charge in [0.05, 0.1) is 0 Å². The first-order valence-electron chi connectivity index (χ1n) is 15.9. The van der Waals surface area contributed by atoms with Crippen LogP contribution >= 0.6 is 11.3 Å². The lowest BCUT2D eigenvalue weighted by Crippen LogP contribution is -2.00. The molecule has 10 rings (SSSR count). The Balaban J connectivity index is 1.27. The van der Waals surface area contributed by atoms with Gasteiger partial charge < -0.3 is 4.42 Å². The molecule has 4 nitrogen and oxygen atoms in total. The lowest BCUT2D eigenvalue weighted by Gasteiger charge is -2.11. The number of furan rings is 1. The fourth-order valence-electron chi connectivity index (χ4n) is 6.91. The minimum Gasteiger partial charge on any atom is -0.455 e. The zero-order chi connectivity index (χ0) is 31.6. The van der Waals surface area contributed by atoms with Crippen molar-refractivity contribution < 1.29 is 4.42 Å². The summed E-state index contributed by atoms with van der Waals surface area (Å²) < 4.78 is 9.17. The summed E-state index contributed by atoms with van der Waals surface area (Å²) in [6.07, 6.45) is 0. The molecular formula is C43H25N3OS. The molecule has 224 valence electrons. The maximum atomic E-state index is 6.75. The number of hydrogen-bond acceptors (Lipinski definition) is 5. The van der Waals surface area contributed by atoms with Crippen molar-refractivity contribution in [3.05, 3.63) is 152 Å². The van der Waals surface area contributed by atoms with Gasteiger partial charge in [-0.05, 0) is 29.1 Å². The van der Waals surface area contributed by atoms with Gasteiger partial charge in [-0.15, -0.1) is 11.3 Å². The topological polar surface area (TPSA) is 51.8 Å². The van der Waals surface area contributed by atoms with Crippen molar-refractivity contribution in [3.63, 3.8) is 0 Å². The van der Waals surface area contributed by atoms with Crippen LogP contribution in [-0.2, 0) is 0 Å². The normalized spacial score (nSPS) is 11.8. The van der Waals surface area contributed by atoms with E-state index < -0.39 is 0 Å². The van der Waals surface area contributed by atoms with Crippen LogP contribution in [0.5, 0.6) is 0 Å². The Hall–Kier alpha value is -6.17. The number of rotatable bonds is 4. The largest absolute Gasteiger partial charge is 0.455 e. The van der Waals surface area contributed by atoms with Gasteiger partial charge in [0, 0.05) is 58.6 Å². The van der Waals surface area contributed by atoms with Crippen molar-refractivity contribution in [3.8, 4) is 45.3 Å². The van der Waals surface area contributed by atoms with E-state index in [0.717, 1.165) is 60.5 Å². The molecule has 0 radical (unpaired) electrons. The SMILES string of the molecule is c1ccc(-c2nc(-c3cc4c5cccc(-c6ccccc6)c5oc4c4ccccc34)nc(-c3cccc4c3sc3ccccc34)n2)cc1. The van der Waals surface area contributed by atoms with Crippen molar-refractivity contribution in [2.75, 3.05) is 0 Å². The van der Waals surface area contributed by atoms with Gasteiger partial charge in [0.15, 0.2) is 17.5 Å². The summed E-state index contributed by atoms with van der Waals surface area (Å²) in [5, 5.41) is 6.60. The molecule has 0 amide bonds. The van der Waals surface area contributed by atoms with Crippen molar-refractivity contribution >= 4 is 64.2 Å². The molecule has 7 aromatic carbocycles. The lowest BCUT2D eigenvalue weighted by molar-refractivity contribution is 0.674. The number of fused-ring (bicyclic) bond motifs is 8. The summed E-state index contributed by atoms with van der Waals surface area (Å²) in [6, 6.07) is 52.5.